The Hall–Kier alpha value is -1.52. The second-order valence-corrected chi connectivity index (χ2v) is 5.56. The van der Waals surface area contributed by atoms with E-state index in [0.717, 1.165) is 10.0 Å². The largest absolute Gasteiger partial charge is 0.507 e. The van der Waals surface area contributed by atoms with E-state index in [1.54, 1.807) is 13.2 Å². The maximum atomic E-state index is 9.92. The van der Waals surface area contributed by atoms with E-state index >= 15 is 0 Å². The third kappa shape index (κ3) is 3.74. The SMILES string of the molecule is COc1ccc(CN[C@H](C)c2ccc(Br)cc2)c(O)c1. The van der Waals surface area contributed by atoms with Crippen LogP contribution < -0.4 is 10.1 Å². The Morgan fingerprint density at radius 2 is 1.90 bits per heavy atom. The van der Waals surface area contributed by atoms with Crippen LogP contribution in [0, 0.1) is 0 Å². The number of nitrogens with one attached hydrogen (secondary N) is 1. The summed E-state index contributed by atoms with van der Waals surface area (Å²) in [5.74, 6) is 0.909. The van der Waals surface area contributed by atoms with Gasteiger partial charge < -0.3 is 15.2 Å². The number of ether oxygens (including phenoxy) is 1. The summed E-state index contributed by atoms with van der Waals surface area (Å²) in [6.45, 7) is 2.71. The van der Waals surface area contributed by atoms with Crippen molar-refractivity contribution in [3.05, 3.63) is 58.1 Å². The molecule has 0 bridgehead atoms. The minimum atomic E-state index is 0.213. The third-order valence-corrected chi connectivity index (χ3v) is 3.79. The first-order valence-electron chi connectivity index (χ1n) is 6.45. The molecule has 2 rings (SSSR count). The first-order chi connectivity index (χ1) is 9.60. The van der Waals surface area contributed by atoms with Crippen molar-refractivity contribution in [1.82, 2.24) is 5.32 Å². The van der Waals surface area contributed by atoms with Crippen LogP contribution in [-0.2, 0) is 6.54 Å². The maximum Gasteiger partial charge on any atom is 0.123 e. The average Bonchev–Trinajstić information content (AvgIpc) is 2.46. The predicted octanol–water partition coefficient (Wildman–Crippen LogP) is 4.01. The molecule has 0 aliphatic rings. The van der Waals surface area contributed by atoms with Crippen LogP contribution in [0.25, 0.3) is 0 Å². The Labute approximate surface area is 127 Å². The van der Waals surface area contributed by atoms with Gasteiger partial charge in [-0.1, -0.05) is 34.1 Å². The molecule has 3 nitrogen and oxygen atoms in total. The molecule has 0 radical (unpaired) electrons. The van der Waals surface area contributed by atoms with E-state index in [1.165, 1.54) is 5.56 Å². The van der Waals surface area contributed by atoms with Gasteiger partial charge in [0.2, 0.25) is 0 Å². The smallest absolute Gasteiger partial charge is 0.123 e. The van der Waals surface area contributed by atoms with Gasteiger partial charge in [0.05, 0.1) is 7.11 Å². The van der Waals surface area contributed by atoms with Gasteiger partial charge in [-0.3, -0.25) is 0 Å². The van der Waals surface area contributed by atoms with Gasteiger partial charge in [-0.15, -0.1) is 0 Å². The molecule has 0 saturated carbocycles. The van der Waals surface area contributed by atoms with Gasteiger partial charge in [0, 0.05) is 28.7 Å². The average molecular weight is 336 g/mol. The quantitative estimate of drug-likeness (QED) is 0.867. The van der Waals surface area contributed by atoms with Crippen LogP contribution in [0.1, 0.15) is 24.1 Å². The summed E-state index contributed by atoms with van der Waals surface area (Å²) < 4.78 is 6.14. The zero-order chi connectivity index (χ0) is 14.5. The van der Waals surface area contributed by atoms with Crippen molar-refractivity contribution in [3.8, 4) is 11.5 Å². The first kappa shape index (κ1) is 14.9. The molecule has 0 aromatic heterocycles. The summed E-state index contributed by atoms with van der Waals surface area (Å²) in [5.41, 5.74) is 2.07. The van der Waals surface area contributed by atoms with E-state index in [2.05, 4.69) is 40.3 Å². The zero-order valence-corrected chi connectivity index (χ0v) is 13.1. The highest BCUT2D eigenvalue weighted by atomic mass is 79.9. The van der Waals surface area contributed by atoms with E-state index < -0.39 is 0 Å². The molecule has 1 atom stereocenters. The highest BCUT2D eigenvalue weighted by Gasteiger charge is 2.07. The molecule has 0 aliphatic carbocycles. The van der Waals surface area contributed by atoms with Gasteiger partial charge in [-0.05, 0) is 30.7 Å². The number of phenolic OH excluding ortho intramolecular Hbond substituents is 1. The second kappa shape index (κ2) is 6.77. The van der Waals surface area contributed by atoms with Gasteiger partial charge >= 0.3 is 0 Å². The Kier molecular flexibility index (Phi) is 5.04. The van der Waals surface area contributed by atoms with Crippen molar-refractivity contribution in [2.75, 3.05) is 7.11 Å². The molecule has 2 aromatic carbocycles. The lowest BCUT2D eigenvalue weighted by atomic mass is 10.1. The summed E-state index contributed by atoms with van der Waals surface area (Å²) in [5, 5.41) is 13.3. The van der Waals surface area contributed by atoms with Crippen LogP contribution >= 0.6 is 15.9 Å². The van der Waals surface area contributed by atoms with Crippen molar-refractivity contribution in [2.24, 2.45) is 0 Å². The lowest BCUT2D eigenvalue weighted by Crippen LogP contribution is -2.18. The number of hydrogen-bond acceptors (Lipinski definition) is 3. The molecule has 0 heterocycles. The number of methoxy groups -OCH3 is 1. The Morgan fingerprint density at radius 3 is 2.50 bits per heavy atom. The Balaban J connectivity index is 1.99. The lowest BCUT2D eigenvalue weighted by molar-refractivity contribution is 0.405. The molecule has 0 aliphatic heterocycles. The predicted molar refractivity (Wildman–Crippen MR) is 84.1 cm³/mol. The van der Waals surface area contributed by atoms with Crippen molar-refractivity contribution in [1.29, 1.82) is 0 Å². The molecule has 106 valence electrons. The number of rotatable bonds is 5. The summed E-state index contributed by atoms with van der Waals surface area (Å²) in [6, 6.07) is 13.8. The number of benzene rings is 2. The highest BCUT2D eigenvalue weighted by Crippen LogP contribution is 2.24. The van der Waals surface area contributed by atoms with E-state index in [-0.39, 0.29) is 11.8 Å². The molecule has 0 fully saturated rings. The molecule has 2 N–H and O–H groups in total. The molecule has 0 saturated heterocycles. The van der Waals surface area contributed by atoms with Crippen molar-refractivity contribution < 1.29 is 9.84 Å². The Bertz CT molecular complexity index is 569. The standard InChI is InChI=1S/C16H18BrNO2/c1-11(12-3-6-14(17)7-4-12)18-10-13-5-8-15(20-2)9-16(13)19/h3-9,11,18-19H,10H2,1-2H3/t11-/m1/s1. The minimum Gasteiger partial charge on any atom is -0.507 e. The molecule has 4 heteroatoms. The Morgan fingerprint density at radius 1 is 1.20 bits per heavy atom. The molecule has 0 amide bonds. The molecule has 0 spiro atoms. The fourth-order valence-electron chi connectivity index (χ4n) is 1.95. The first-order valence-corrected chi connectivity index (χ1v) is 7.24. The summed E-state index contributed by atoms with van der Waals surface area (Å²) in [6.07, 6.45) is 0. The summed E-state index contributed by atoms with van der Waals surface area (Å²) in [7, 11) is 1.59. The van der Waals surface area contributed by atoms with Gasteiger partial charge in [0.15, 0.2) is 0 Å². The third-order valence-electron chi connectivity index (χ3n) is 3.26. The number of aromatic hydroxyl groups is 1. The number of hydrogen-bond donors (Lipinski definition) is 2. The van der Waals surface area contributed by atoms with E-state index in [9.17, 15) is 5.11 Å². The fourth-order valence-corrected chi connectivity index (χ4v) is 2.22. The van der Waals surface area contributed by atoms with Crippen LogP contribution in [0.5, 0.6) is 11.5 Å². The van der Waals surface area contributed by atoms with Crippen LogP contribution in [0.15, 0.2) is 46.9 Å². The van der Waals surface area contributed by atoms with Gasteiger partial charge in [0.1, 0.15) is 11.5 Å². The normalized spacial score (nSPS) is 12.2. The summed E-state index contributed by atoms with van der Waals surface area (Å²) >= 11 is 3.43. The van der Waals surface area contributed by atoms with Crippen molar-refractivity contribution >= 4 is 15.9 Å². The van der Waals surface area contributed by atoms with Crippen LogP contribution in [0.2, 0.25) is 0 Å². The molecular weight excluding hydrogens is 318 g/mol. The maximum absolute atomic E-state index is 9.92. The second-order valence-electron chi connectivity index (χ2n) is 4.65. The van der Waals surface area contributed by atoms with Gasteiger partial charge in [-0.25, -0.2) is 0 Å². The zero-order valence-electron chi connectivity index (χ0n) is 11.6. The monoisotopic (exact) mass is 335 g/mol. The van der Waals surface area contributed by atoms with Crippen molar-refractivity contribution in [2.45, 2.75) is 19.5 Å². The van der Waals surface area contributed by atoms with E-state index in [0.29, 0.717) is 12.3 Å². The minimum absolute atomic E-state index is 0.213. The molecule has 2 aromatic rings. The van der Waals surface area contributed by atoms with Crippen LogP contribution in [-0.4, -0.2) is 12.2 Å². The fraction of sp³-hybridized carbons (Fsp3) is 0.250. The van der Waals surface area contributed by atoms with Crippen molar-refractivity contribution in [3.63, 3.8) is 0 Å². The summed E-state index contributed by atoms with van der Waals surface area (Å²) in [4.78, 5) is 0. The number of halogens is 1. The van der Waals surface area contributed by atoms with E-state index in [4.69, 9.17) is 4.74 Å². The highest BCUT2D eigenvalue weighted by molar-refractivity contribution is 9.10. The van der Waals surface area contributed by atoms with E-state index in [1.807, 2.05) is 24.3 Å². The van der Waals surface area contributed by atoms with Gasteiger partial charge in [-0.2, -0.15) is 0 Å². The molecule has 20 heavy (non-hydrogen) atoms. The molecule has 0 unspecified atom stereocenters. The molecular formula is C16H18BrNO2. The van der Waals surface area contributed by atoms with Gasteiger partial charge in [0.25, 0.3) is 0 Å². The lowest BCUT2D eigenvalue weighted by Gasteiger charge is -2.15. The van der Waals surface area contributed by atoms with Crippen LogP contribution in [0.3, 0.4) is 0 Å². The van der Waals surface area contributed by atoms with Crippen LogP contribution in [0.4, 0.5) is 0 Å². The topological polar surface area (TPSA) is 41.5 Å². The number of phenols is 1.